The van der Waals surface area contributed by atoms with Crippen LogP contribution in [0, 0.1) is 17.0 Å². The van der Waals surface area contributed by atoms with E-state index in [-0.39, 0.29) is 27.4 Å². The van der Waals surface area contributed by atoms with Crippen molar-refractivity contribution in [2.45, 2.75) is 6.92 Å². The van der Waals surface area contributed by atoms with Crippen molar-refractivity contribution in [3.8, 4) is 5.75 Å². The van der Waals surface area contributed by atoms with E-state index in [9.17, 15) is 15.2 Å². The smallest absolute Gasteiger partial charge is 0.271 e. The van der Waals surface area contributed by atoms with Crippen molar-refractivity contribution in [1.29, 1.82) is 0 Å². The van der Waals surface area contributed by atoms with Gasteiger partial charge in [0.2, 0.25) is 0 Å². The molecule has 10 nitrogen and oxygen atoms in total. The van der Waals surface area contributed by atoms with Crippen molar-refractivity contribution < 1.29 is 10.0 Å². The van der Waals surface area contributed by atoms with Crippen LogP contribution in [0.2, 0.25) is 0 Å². The normalized spacial score (nSPS) is 11.0. The third-order valence-electron chi connectivity index (χ3n) is 2.52. The van der Waals surface area contributed by atoms with Gasteiger partial charge in [0.1, 0.15) is 5.75 Å². The number of aryl methyl sites for hydroxylation is 1. The molecule has 110 valence electrons. The lowest BCUT2D eigenvalue weighted by molar-refractivity contribution is -0.385. The molecule has 21 heavy (non-hydrogen) atoms. The van der Waals surface area contributed by atoms with Crippen molar-refractivity contribution in [3.63, 3.8) is 0 Å². The van der Waals surface area contributed by atoms with E-state index in [1.54, 1.807) is 6.92 Å². The van der Waals surface area contributed by atoms with Gasteiger partial charge < -0.3 is 10.9 Å². The predicted molar refractivity (Wildman–Crippen MR) is 78.6 cm³/mol. The molecule has 0 fully saturated rings. The Morgan fingerprint density at radius 3 is 2.86 bits per heavy atom. The van der Waals surface area contributed by atoms with E-state index in [0.717, 1.165) is 0 Å². The van der Waals surface area contributed by atoms with Crippen molar-refractivity contribution in [2.75, 3.05) is 11.3 Å². The van der Waals surface area contributed by atoms with Crippen LogP contribution in [0.4, 0.5) is 11.6 Å². The number of halogens is 1. The van der Waals surface area contributed by atoms with Gasteiger partial charge in [-0.25, -0.2) is 10.1 Å². The van der Waals surface area contributed by atoms with Crippen molar-refractivity contribution in [1.82, 2.24) is 14.9 Å². The number of phenolic OH excluding ortho intramolecular Hbond substituents is 1. The Balaban J connectivity index is 2.24. The molecule has 0 aliphatic carbocycles. The number of aromatic hydroxyl groups is 1. The molecule has 0 bridgehead atoms. The summed E-state index contributed by atoms with van der Waals surface area (Å²) >= 11 is 3.03. The molecule has 0 aliphatic heterocycles. The molecule has 1 aromatic heterocycles. The fourth-order valence-electron chi connectivity index (χ4n) is 1.41. The summed E-state index contributed by atoms with van der Waals surface area (Å²) in [5.74, 6) is 6.11. The number of rotatable bonds is 4. The molecule has 0 aliphatic rings. The zero-order valence-electron chi connectivity index (χ0n) is 10.7. The number of non-ortho nitro benzene ring substituents is 1. The van der Waals surface area contributed by atoms with Crippen LogP contribution in [-0.4, -0.2) is 31.1 Å². The van der Waals surface area contributed by atoms with Gasteiger partial charge in [0.15, 0.2) is 5.82 Å². The molecular formula is C10H10BrN7O3. The van der Waals surface area contributed by atoms with Gasteiger partial charge >= 0.3 is 0 Å². The summed E-state index contributed by atoms with van der Waals surface area (Å²) in [6, 6.07) is 2.38. The lowest BCUT2D eigenvalue weighted by Gasteiger charge is -2.02. The molecule has 0 saturated heterocycles. The van der Waals surface area contributed by atoms with Crippen molar-refractivity contribution in [3.05, 3.63) is 38.1 Å². The van der Waals surface area contributed by atoms with Crippen LogP contribution in [-0.2, 0) is 0 Å². The lowest BCUT2D eigenvalue weighted by Crippen LogP contribution is -2.13. The van der Waals surface area contributed by atoms with Gasteiger partial charge in [0.25, 0.3) is 11.6 Å². The molecule has 2 rings (SSSR count). The van der Waals surface area contributed by atoms with Crippen LogP contribution in [0.1, 0.15) is 11.4 Å². The van der Waals surface area contributed by atoms with E-state index in [4.69, 9.17) is 5.84 Å². The molecule has 0 atom stereocenters. The molecule has 0 unspecified atom stereocenters. The van der Waals surface area contributed by atoms with E-state index < -0.39 is 4.92 Å². The Kier molecular flexibility index (Phi) is 4.03. The monoisotopic (exact) mass is 355 g/mol. The number of benzene rings is 1. The zero-order chi connectivity index (χ0) is 15.6. The van der Waals surface area contributed by atoms with Gasteiger partial charge in [-0.1, -0.05) is 0 Å². The van der Waals surface area contributed by atoms with Crippen LogP contribution in [0.3, 0.4) is 0 Å². The Hall–Kier alpha value is -2.69. The predicted octanol–water partition coefficient (Wildman–Crippen LogP) is 1.12. The number of aromatic nitrogens is 3. The first kappa shape index (κ1) is 14.7. The number of hydrazone groups is 1. The summed E-state index contributed by atoms with van der Waals surface area (Å²) in [6.07, 6.45) is 1.21. The minimum Gasteiger partial charge on any atom is -0.506 e. The Bertz CT molecular complexity index is 728. The fourth-order valence-corrected chi connectivity index (χ4v) is 1.88. The maximum absolute atomic E-state index is 10.8. The summed E-state index contributed by atoms with van der Waals surface area (Å²) in [5, 5.41) is 31.8. The van der Waals surface area contributed by atoms with E-state index >= 15 is 0 Å². The minimum atomic E-state index is -0.575. The number of nitrogen functional groups attached to an aromatic ring is 1. The lowest BCUT2D eigenvalue weighted by atomic mass is 10.2. The van der Waals surface area contributed by atoms with Crippen LogP contribution < -0.4 is 11.3 Å². The quantitative estimate of drug-likeness (QED) is 0.322. The summed E-state index contributed by atoms with van der Waals surface area (Å²) in [5.41, 5.74) is 2.49. The van der Waals surface area contributed by atoms with Gasteiger partial charge in [-0.15, -0.1) is 10.2 Å². The first-order valence-electron chi connectivity index (χ1n) is 5.53. The maximum Gasteiger partial charge on any atom is 0.271 e. The first-order valence-corrected chi connectivity index (χ1v) is 6.32. The molecule has 11 heteroatoms. The molecule has 0 radical (unpaired) electrons. The number of anilines is 1. The van der Waals surface area contributed by atoms with Crippen molar-refractivity contribution >= 4 is 33.8 Å². The van der Waals surface area contributed by atoms with Gasteiger partial charge in [-0.2, -0.15) is 5.10 Å². The van der Waals surface area contributed by atoms with Gasteiger partial charge in [-0.05, 0) is 22.9 Å². The maximum atomic E-state index is 10.8. The van der Waals surface area contributed by atoms with E-state index in [1.807, 2.05) is 0 Å². The number of nitrogens with two attached hydrogens (primary N) is 1. The van der Waals surface area contributed by atoms with Crippen LogP contribution in [0.5, 0.6) is 5.75 Å². The highest BCUT2D eigenvalue weighted by Crippen LogP contribution is 2.31. The van der Waals surface area contributed by atoms with Crippen LogP contribution in [0.15, 0.2) is 21.7 Å². The second kappa shape index (κ2) is 5.75. The molecule has 0 saturated carbocycles. The number of nitro groups is 1. The number of nitrogens with zero attached hydrogens (tertiary/aromatic N) is 5. The van der Waals surface area contributed by atoms with Gasteiger partial charge in [-0.3, -0.25) is 10.1 Å². The van der Waals surface area contributed by atoms with Gasteiger partial charge in [0.05, 0.1) is 15.6 Å². The topological polar surface area (TPSA) is 144 Å². The average Bonchev–Trinajstić information content (AvgIpc) is 2.75. The third kappa shape index (κ3) is 3.08. The molecule has 4 N–H and O–H groups in total. The number of nitro benzene ring substituents is 1. The standard InChI is InChI=1S/C10H10BrN7O3/c1-5-14-16-10(17(5)12)15-13-4-6-2-7(18(20)21)3-8(11)9(6)19/h2-4,19H,12H2,1H3,(H,15,16)/b13-4-. The van der Waals surface area contributed by atoms with E-state index in [2.05, 4.69) is 36.7 Å². The number of hydrogen-bond acceptors (Lipinski definition) is 8. The molecular weight excluding hydrogens is 346 g/mol. The second-order valence-corrected chi connectivity index (χ2v) is 4.79. The average molecular weight is 356 g/mol. The van der Waals surface area contributed by atoms with Gasteiger partial charge in [0, 0.05) is 17.7 Å². The summed E-state index contributed by atoms with van der Waals surface area (Å²) < 4.78 is 1.37. The first-order chi connectivity index (χ1) is 9.90. The number of hydrogen-bond donors (Lipinski definition) is 3. The fraction of sp³-hybridized carbons (Fsp3) is 0.100. The number of phenols is 1. The Morgan fingerprint density at radius 2 is 2.29 bits per heavy atom. The molecule has 1 aromatic carbocycles. The summed E-state index contributed by atoms with van der Waals surface area (Å²) in [7, 11) is 0. The number of nitrogens with one attached hydrogen (secondary N) is 1. The third-order valence-corrected chi connectivity index (χ3v) is 3.13. The molecule has 0 amide bonds. The van der Waals surface area contributed by atoms with E-state index in [1.165, 1.54) is 23.0 Å². The highest BCUT2D eigenvalue weighted by Gasteiger charge is 2.13. The molecule has 2 aromatic rings. The minimum absolute atomic E-state index is 0.156. The Labute approximate surface area is 126 Å². The summed E-state index contributed by atoms with van der Waals surface area (Å²) in [6.45, 7) is 1.66. The highest BCUT2D eigenvalue weighted by atomic mass is 79.9. The summed E-state index contributed by atoms with van der Waals surface area (Å²) in [4.78, 5) is 10.2. The van der Waals surface area contributed by atoms with Crippen molar-refractivity contribution in [2.24, 2.45) is 5.10 Å². The SMILES string of the molecule is Cc1nnc(N/N=C\c2cc([N+](=O)[O-])cc(Br)c2O)n1N. The van der Waals surface area contributed by atoms with Crippen LogP contribution >= 0.6 is 15.9 Å². The highest BCUT2D eigenvalue weighted by molar-refractivity contribution is 9.10. The Morgan fingerprint density at radius 1 is 1.57 bits per heavy atom. The zero-order valence-corrected chi connectivity index (χ0v) is 12.3. The molecule has 1 heterocycles. The largest absolute Gasteiger partial charge is 0.506 e. The van der Waals surface area contributed by atoms with E-state index in [0.29, 0.717) is 5.82 Å². The second-order valence-electron chi connectivity index (χ2n) is 3.93. The molecule has 0 spiro atoms. The van der Waals surface area contributed by atoms with Crippen LogP contribution in [0.25, 0.3) is 0 Å².